The van der Waals surface area contributed by atoms with Crippen LogP contribution in [0.15, 0.2) is 6.07 Å². The molecule has 0 radical (unpaired) electrons. The maximum atomic E-state index is 11.0. The Balaban J connectivity index is 2.47. The van der Waals surface area contributed by atoms with E-state index in [9.17, 15) is 4.79 Å². The monoisotopic (exact) mass is 234 g/mol. The molecule has 1 heterocycles. The smallest absolute Gasteiger partial charge is 0.308 e. The Hall–Kier alpha value is -1.51. The van der Waals surface area contributed by atoms with Gasteiger partial charge in [-0.3, -0.25) is 4.79 Å². The van der Waals surface area contributed by atoms with Crippen LogP contribution in [0.5, 0.6) is 11.5 Å². The minimum atomic E-state index is -0.280. The highest BCUT2D eigenvalue weighted by molar-refractivity contribution is 5.70. The third-order valence-electron chi connectivity index (χ3n) is 3.18. The normalized spacial score (nSPS) is 18.2. The number of aryl methyl sites for hydroxylation is 1. The van der Waals surface area contributed by atoms with Gasteiger partial charge in [-0.25, -0.2) is 0 Å². The van der Waals surface area contributed by atoms with Gasteiger partial charge < -0.3 is 9.47 Å². The Morgan fingerprint density at radius 2 is 2.18 bits per heavy atom. The summed E-state index contributed by atoms with van der Waals surface area (Å²) in [5.41, 5.74) is 3.24. The fourth-order valence-electron chi connectivity index (χ4n) is 2.26. The van der Waals surface area contributed by atoms with Gasteiger partial charge >= 0.3 is 5.97 Å². The van der Waals surface area contributed by atoms with Crippen LogP contribution in [0, 0.1) is 13.8 Å². The van der Waals surface area contributed by atoms with E-state index in [0.717, 1.165) is 29.7 Å². The van der Waals surface area contributed by atoms with Gasteiger partial charge in [-0.1, -0.05) is 0 Å². The van der Waals surface area contributed by atoms with E-state index < -0.39 is 0 Å². The molecule has 1 aliphatic heterocycles. The Bertz CT molecular complexity index is 463. The summed E-state index contributed by atoms with van der Waals surface area (Å²) in [7, 11) is 0. The van der Waals surface area contributed by atoms with Crippen LogP contribution >= 0.6 is 0 Å². The maximum absolute atomic E-state index is 11.0. The third-order valence-corrected chi connectivity index (χ3v) is 3.18. The zero-order chi connectivity index (χ0) is 12.6. The summed E-state index contributed by atoms with van der Waals surface area (Å²) in [5.74, 6) is 1.35. The number of carbonyl (C=O) groups is 1. The standard InChI is InChI=1S/C14H18O3/c1-8-7-13(17-11(4)15)10(3)12-6-5-9(2)16-14(8)12/h7,9H,5-6H2,1-4H3. The van der Waals surface area contributed by atoms with E-state index in [0.29, 0.717) is 5.75 Å². The number of benzene rings is 1. The molecule has 17 heavy (non-hydrogen) atoms. The number of rotatable bonds is 1. The van der Waals surface area contributed by atoms with Gasteiger partial charge in [0.15, 0.2) is 0 Å². The Kier molecular flexibility index (Phi) is 3.09. The molecule has 0 N–H and O–H groups in total. The lowest BCUT2D eigenvalue weighted by atomic mass is 9.95. The maximum Gasteiger partial charge on any atom is 0.308 e. The van der Waals surface area contributed by atoms with Crippen molar-refractivity contribution >= 4 is 5.97 Å². The fraction of sp³-hybridized carbons (Fsp3) is 0.500. The highest BCUT2D eigenvalue weighted by Gasteiger charge is 2.22. The number of esters is 1. The molecule has 0 spiro atoms. The van der Waals surface area contributed by atoms with Gasteiger partial charge in [-0.15, -0.1) is 0 Å². The van der Waals surface area contributed by atoms with Gasteiger partial charge in [0.05, 0.1) is 6.10 Å². The Morgan fingerprint density at radius 3 is 2.82 bits per heavy atom. The van der Waals surface area contributed by atoms with Crippen LogP contribution in [0.4, 0.5) is 0 Å². The Morgan fingerprint density at radius 1 is 1.47 bits per heavy atom. The van der Waals surface area contributed by atoms with Crippen molar-refractivity contribution in [2.75, 3.05) is 0 Å². The summed E-state index contributed by atoms with van der Waals surface area (Å²) in [4.78, 5) is 11.0. The lowest BCUT2D eigenvalue weighted by Gasteiger charge is -2.27. The van der Waals surface area contributed by atoms with E-state index in [1.54, 1.807) is 0 Å². The first-order chi connectivity index (χ1) is 7.99. The second kappa shape index (κ2) is 4.40. The lowest BCUT2D eigenvalue weighted by Crippen LogP contribution is -2.21. The van der Waals surface area contributed by atoms with Crippen molar-refractivity contribution in [3.63, 3.8) is 0 Å². The molecular formula is C14H18O3. The van der Waals surface area contributed by atoms with Gasteiger partial charge in [0, 0.05) is 12.5 Å². The van der Waals surface area contributed by atoms with Crippen LogP contribution < -0.4 is 9.47 Å². The molecule has 92 valence electrons. The Labute approximate surface area is 102 Å². The van der Waals surface area contributed by atoms with E-state index in [-0.39, 0.29) is 12.1 Å². The summed E-state index contributed by atoms with van der Waals surface area (Å²) in [6.07, 6.45) is 2.26. The van der Waals surface area contributed by atoms with Crippen LogP contribution in [0.1, 0.15) is 37.0 Å². The van der Waals surface area contributed by atoms with Crippen molar-refractivity contribution in [3.05, 3.63) is 22.8 Å². The van der Waals surface area contributed by atoms with E-state index in [1.807, 2.05) is 19.9 Å². The predicted molar refractivity (Wildman–Crippen MR) is 65.6 cm³/mol. The van der Waals surface area contributed by atoms with E-state index in [1.165, 1.54) is 12.5 Å². The van der Waals surface area contributed by atoms with Crippen LogP contribution in [0.2, 0.25) is 0 Å². The van der Waals surface area contributed by atoms with Crippen LogP contribution in [0.25, 0.3) is 0 Å². The highest BCUT2D eigenvalue weighted by atomic mass is 16.5. The molecule has 0 amide bonds. The van der Waals surface area contributed by atoms with E-state index in [4.69, 9.17) is 9.47 Å². The van der Waals surface area contributed by atoms with E-state index in [2.05, 4.69) is 6.92 Å². The van der Waals surface area contributed by atoms with Crippen LogP contribution in [-0.2, 0) is 11.2 Å². The highest BCUT2D eigenvalue weighted by Crippen LogP contribution is 2.38. The topological polar surface area (TPSA) is 35.5 Å². The second-order valence-corrected chi connectivity index (χ2v) is 4.69. The SMILES string of the molecule is CC(=O)Oc1cc(C)c2c(c1C)CCC(C)O2. The minimum Gasteiger partial charge on any atom is -0.490 e. The molecule has 0 bridgehead atoms. The molecule has 0 aliphatic carbocycles. The van der Waals surface area contributed by atoms with Crippen LogP contribution in [-0.4, -0.2) is 12.1 Å². The number of carbonyl (C=O) groups excluding carboxylic acids is 1. The average molecular weight is 234 g/mol. The molecule has 0 saturated carbocycles. The van der Waals surface area contributed by atoms with Crippen molar-refractivity contribution in [1.29, 1.82) is 0 Å². The molecule has 3 nitrogen and oxygen atoms in total. The van der Waals surface area contributed by atoms with Gasteiger partial charge in [-0.05, 0) is 50.8 Å². The molecule has 1 aromatic rings. The molecule has 1 aromatic carbocycles. The predicted octanol–water partition coefficient (Wildman–Crippen LogP) is 2.94. The molecule has 0 saturated heterocycles. The van der Waals surface area contributed by atoms with Crippen LogP contribution in [0.3, 0.4) is 0 Å². The quantitative estimate of drug-likeness (QED) is 0.553. The first-order valence-corrected chi connectivity index (χ1v) is 5.97. The molecule has 3 heteroatoms. The number of hydrogen-bond donors (Lipinski definition) is 0. The van der Waals surface area contributed by atoms with Gasteiger partial charge in [0.25, 0.3) is 0 Å². The average Bonchev–Trinajstić information content (AvgIpc) is 2.25. The van der Waals surface area contributed by atoms with Gasteiger partial charge in [0.1, 0.15) is 11.5 Å². The first-order valence-electron chi connectivity index (χ1n) is 5.97. The molecular weight excluding hydrogens is 216 g/mol. The summed E-state index contributed by atoms with van der Waals surface area (Å²) in [6.45, 7) is 7.48. The zero-order valence-electron chi connectivity index (χ0n) is 10.8. The molecule has 2 rings (SSSR count). The fourth-order valence-corrected chi connectivity index (χ4v) is 2.26. The minimum absolute atomic E-state index is 0.264. The van der Waals surface area contributed by atoms with E-state index >= 15 is 0 Å². The largest absolute Gasteiger partial charge is 0.490 e. The molecule has 1 aliphatic rings. The first kappa shape index (κ1) is 12.0. The molecule has 0 aromatic heterocycles. The van der Waals surface area contributed by atoms with Crippen molar-refractivity contribution in [3.8, 4) is 11.5 Å². The molecule has 1 atom stereocenters. The number of fused-ring (bicyclic) bond motifs is 1. The van der Waals surface area contributed by atoms with Crippen molar-refractivity contribution in [2.45, 2.75) is 46.6 Å². The van der Waals surface area contributed by atoms with Gasteiger partial charge in [-0.2, -0.15) is 0 Å². The molecule has 1 unspecified atom stereocenters. The summed E-state index contributed by atoms with van der Waals surface area (Å²) >= 11 is 0. The second-order valence-electron chi connectivity index (χ2n) is 4.69. The summed E-state index contributed by atoms with van der Waals surface area (Å²) in [5, 5.41) is 0. The summed E-state index contributed by atoms with van der Waals surface area (Å²) < 4.78 is 11.1. The number of hydrogen-bond acceptors (Lipinski definition) is 3. The van der Waals surface area contributed by atoms with Gasteiger partial charge in [0.2, 0.25) is 0 Å². The third kappa shape index (κ3) is 2.28. The van der Waals surface area contributed by atoms with Crippen molar-refractivity contribution in [1.82, 2.24) is 0 Å². The van der Waals surface area contributed by atoms with Crippen molar-refractivity contribution < 1.29 is 14.3 Å². The van der Waals surface area contributed by atoms with Crippen molar-refractivity contribution in [2.24, 2.45) is 0 Å². The summed E-state index contributed by atoms with van der Waals surface area (Å²) in [6, 6.07) is 1.88. The lowest BCUT2D eigenvalue weighted by molar-refractivity contribution is -0.131. The number of ether oxygens (including phenoxy) is 2. The zero-order valence-corrected chi connectivity index (χ0v) is 10.8. The molecule has 0 fully saturated rings.